The Morgan fingerprint density at radius 1 is 1.30 bits per heavy atom. The summed E-state index contributed by atoms with van der Waals surface area (Å²) in [5, 5.41) is 3.67. The second kappa shape index (κ2) is 8.01. The van der Waals surface area contributed by atoms with Gasteiger partial charge in [0.25, 0.3) is 0 Å². The molecule has 0 radical (unpaired) electrons. The van der Waals surface area contributed by atoms with Gasteiger partial charge in [0.2, 0.25) is 0 Å². The van der Waals surface area contributed by atoms with Crippen molar-refractivity contribution in [3.8, 4) is 0 Å². The van der Waals surface area contributed by atoms with E-state index in [1.807, 2.05) is 31.2 Å². The molecule has 5 heteroatoms. The predicted molar refractivity (Wildman–Crippen MR) is 86.3 cm³/mol. The fourth-order valence-corrected chi connectivity index (χ4v) is 3.29. The second-order valence-electron chi connectivity index (χ2n) is 5.26. The number of likely N-dealkylation sites (N-methyl/N-ethyl adjacent to an activating group) is 1. The highest BCUT2D eigenvalue weighted by molar-refractivity contribution is 7.91. The average molecular weight is 318 g/mol. The molecule has 0 aliphatic carbocycles. The van der Waals surface area contributed by atoms with E-state index in [1.54, 1.807) is 13.8 Å². The molecule has 3 nitrogen and oxygen atoms in total. The van der Waals surface area contributed by atoms with Gasteiger partial charge in [0.1, 0.15) is 0 Å². The van der Waals surface area contributed by atoms with Crippen molar-refractivity contribution in [2.24, 2.45) is 0 Å². The molecule has 0 aromatic heterocycles. The summed E-state index contributed by atoms with van der Waals surface area (Å²) in [4.78, 5) is 0. The van der Waals surface area contributed by atoms with E-state index in [-0.39, 0.29) is 16.9 Å². The molecule has 0 saturated heterocycles. The first-order valence-electron chi connectivity index (χ1n) is 7.04. The van der Waals surface area contributed by atoms with E-state index >= 15 is 0 Å². The molecule has 0 amide bonds. The molecule has 0 bridgehead atoms. The lowest BCUT2D eigenvalue weighted by atomic mass is 9.96. The number of sulfone groups is 1. The van der Waals surface area contributed by atoms with Crippen molar-refractivity contribution in [3.63, 3.8) is 0 Å². The van der Waals surface area contributed by atoms with Gasteiger partial charge in [-0.3, -0.25) is 0 Å². The number of benzene rings is 1. The Morgan fingerprint density at radius 2 is 2.00 bits per heavy atom. The van der Waals surface area contributed by atoms with E-state index in [0.717, 1.165) is 18.7 Å². The van der Waals surface area contributed by atoms with Crippen LogP contribution in [-0.4, -0.2) is 32.5 Å². The van der Waals surface area contributed by atoms with Crippen LogP contribution in [0.5, 0.6) is 0 Å². The standard InChI is InChI=1S/C15H24ClNO2S/c1-4-17-11-14(8-9-20(18,19)12(2)3)13-6-5-7-15(16)10-13/h5-7,10,12,14,17H,4,8-9,11H2,1-3H3. The molecule has 20 heavy (non-hydrogen) atoms. The van der Waals surface area contributed by atoms with Crippen molar-refractivity contribution in [3.05, 3.63) is 34.9 Å². The molecule has 114 valence electrons. The average Bonchev–Trinajstić information content (AvgIpc) is 2.38. The highest BCUT2D eigenvalue weighted by atomic mass is 35.5. The van der Waals surface area contributed by atoms with E-state index in [1.165, 1.54) is 0 Å². The Kier molecular flexibility index (Phi) is 7.00. The van der Waals surface area contributed by atoms with Gasteiger partial charge in [-0.05, 0) is 50.4 Å². The lowest BCUT2D eigenvalue weighted by Gasteiger charge is -2.19. The first-order chi connectivity index (χ1) is 9.36. The highest BCUT2D eigenvalue weighted by Gasteiger charge is 2.20. The molecule has 0 fully saturated rings. The van der Waals surface area contributed by atoms with Gasteiger partial charge in [0.15, 0.2) is 9.84 Å². The zero-order valence-corrected chi connectivity index (χ0v) is 14.0. The summed E-state index contributed by atoms with van der Waals surface area (Å²) in [6, 6.07) is 7.68. The lowest BCUT2D eigenvalue weighted by molar-refractivity contribution is 0.559. The molecule has 0 heterocycles. The third kappa shape index (κ3) is 5.43. The van der Waals surface area contributed by atoms with Crippen molar-refractivity contribution < 1.29 is 8.42 Å². The molecule has 0 spiro atoms. The molecule has 1 aromatic rings. The van der Waals surface area contributed by atoms with Crippen LogP contribution in [0.3, 0.4) is 0 Å². The number of hydrogen-bond acceptors (Lipinski definition) is 3. The molecule has 1 aromatic carbocycles. The minimum Gasteiger partial charge on any atom is -0.316 e. The van der Waals surface area contributed by atoms with Crippen molar-refractivity contribution in [1.29, 1.82) is 0 Å². The maximum Gasteiger partial charge on any atom is 0.152 e. The van der Waals surface area contributed by atoms with Crippen LogP contribution in [-0.2, 0) is 9.84 Å². The van der Waals surface area contributed by atoms with Crippen LogP contribution < -0.4 is 5.32 Å². The van der Waals surface area contributed by atoms with Crippen LogP contribution >= 0.6 is 11.6 Å². The summed E-state index contributed by atoms with van der Waals surface area (Å²) in [6.45, 7) is 7.14. The smallest absolute Gasteiger partial charge is 0.152 e. The molecule has 1 rings (SSSR count). The molecular formula is C15H24ClNO2S. The SMILES string of the molecule is CCNCC(CCS(=O)(=O)C(C)C)c1cccc(Cl)c1. The van der Waals surface area contributed by atoms with Crippen molar-refractivity contribution in [2.75, 3.05) is 18.8 Å². The minimum absolute atomic E-state index is 0.169. The molecular weight excluding hydrogens is 294 g/mol. The Morgan fingerprint density at radius 3 is 2.55 bits per heavy atom. The number of hydrogen-bond donors (Lipinski definition) is 1. The van der Waals surface area contributed by atoms with Gasteiger partial charge in [-0.15, -0.1) is 0 Å². The van der Waals surface area contributed by atoms with Gasteiger partial charge < -0.3 is 5.32 Å². The second-order valence-corrected chi connectivity index (χ2v) is 8.38. The molecule has 1 unspecified atom stereocenters. The Balaban J connectivity index is 2.80. The number of halogens is 1. The van der Waals surface area contributed by atoms with Gasteiger partial charge in [0, 0.05) is 11.6 Å². The minimum atomic E-state index is -3.00. The molecule has 1 N–H and O–H groups in total. The van der Waals surface area contributed by atoms with Crippen LogP contribution in [0.2, 0.25) is 5.02 Å². The summed E-state index contributed by atoms with van der Waals surface area (Å²) in [7, 11) is -3.00. The van der Waals surface area contributed by atoms with Crippen LogP contribution in [0.25, 0.3) is 0 Å². The maximum atomic E-state index is 12.0. The third-order valence-electron chi connectivity index (χ3n) is 3.43. The third-order valence-corrected chi connectivity index (χ3v) is 5.91. The molecule has 1 atom stereocenters. The van der Waals surface area contributed by atoms with E-state index in [0.29, 0.717) is 11.4 Å². The summed E-state index contributed by atoms with van der Waals surface area (Å²) >= 11 is 6.02. The Bertz CT molecular complexity index is 514. The van der Waals surface area contributed by atoms with Crippen molar-refractivity contribution in [1.82, 2.24) is 5.32 Å². The van der Waals surface area contributed by atoms with Gasteiger partial charge in [-0.2, -0.15) is 0 Å². The van der Waals surface area contributed by atoms with E-state index in [4.69, 9.17) is 11.6 Å². The van der Waals surface area contributed by atoms with Gasteiger partial charge in [-0.25, -0.2) is 8.42 Å². The first-order valence-corrected chi connectivity index (χ1v) is 9.14. The van der Waals surface area contributed by atoms with Crippen molar-refractivity contribution in [2.45, 2.75) is 38.4 Å². The molecule has 0 saturated carbocycles. The largest absolute Gasteiger partial charge is 0.316 e. The maximum absolute atomic E-state index is 12.0. The van der Waals surface area contributed by atoms with Gasteiger partial charge in [-0.1, -0.05) is 30.7 Å². The lowest BCUT2D eigenvalue weighted by Crippen LogP contribution is -2.25. The van der Waals surface area contributed by atoms with Crippen molar-refractivity contribution >= 4 is 21.4 Å². The van der Waals surface area contributed by atoms with Crippen LogP contribution in [0.15, 0.2) is 24.3 Å². The zero-order valence-electron chi connectivity index (χ0n) is 12.4. The normalized spacial score (nSPS) is 13.7. The zero-order chi connectivity index (χ0) is 15.2. The molecule has 0 aliphatic rings. The fourth-order valence-electron chi connectivity index (χ4n) is 2.01. The predicted octanol–water partition coefficient (Wildman–Crippen LogP) is 3.25. The van der Waals surface area contributed by atoms with Crippen LogP contribution in [0.1, 0.15) is 38.7 Å². The van der Waals surface area contributed by atoms with E-state index in [9.17, 15) is 8.42 Å². The Hall–Kier alpha value is -0.580. The van der Waals surface area contributed by atoms with E-state index < -0.39 is 9.84 Å². The first kappa shape index (κ1) is 17.5. The molecule has 0 aliphatic heterocycles. The monoisotopic (exact) mass is 317 g/mol. The summed E-state index contributed by atoms with van der Waals surface area (Å²) in [5.74, 6) is 0.384. The summed E-state index contributed by atoms with van der Waals surface area (Å²) in [6.07, 6.45) is 0.619. The summed E-state index contributed by atoms with van der Waals surface area (Å²) in [5.41, 5.74) is 1.09. The fraction of sp³-hybridized carbons (Fsp3) is 0.600. The van der Waals surface area contributed by atoms with Gasteiger partial charge >= 0.3 is 0 Å². The quantitative estimate of drug-likeness (QED) is 0.800. The Labute approximate surface area is 127 Å². The summed E-state index contributed by atoms with van der Waals surface area (Å²) < 4.78 is 23.9. The van der Waals surface area contributed by atoms with Gasteiger partial charge in [0.05, 0.1) is 11.0 Å². The van der Waals surface area contributed by atoms with Crippen LogP contribution in [0, 0.1) is 0 Å². The topological polar surface area (TPSA) is 46.2 Å². The van der Waals surface area contributed by atoms with Crippen LogP contribution in [0.4, 0.5) is 0 Å². The highest BCUT2D eigenvalue weighted by Crippen LogP contribution is 2.23. The number of nitrogens with one attached hydrogen (secondary N) is 1. The van der Waals surface area contributed by atoms with E-state index in [2.05, 4.69) is 5.32 Å². The number of rotatable bonds is 8.